The zero-order valence-corrected chi connectivity index (χ0v) is 16.5. The topological polar surface area (TPSA) is 72.3 Å². The number of aromatic nitrogens is 3. The molecular weight excluding hydrogens is 366 g/mol. The summed E-state index contributed by atoms with van der Waals surface area (Å²) < 4.78 is 7.88. The third kappa shape index (κ3) is 3.96. The minimum absolute atomic E-state index is 0.0100. The molecule has 0 spiro atoms. The number of fused-ring (bicyclic) bond motifs is 1. The maximum absolute atomic E-state index is 12.9. The number of amides is 1. The van der Waals surface area contributed by atoms with Gasteiger partial charge in [-0.1, -0.05) is 18.2 Å². The van der Waals surface area contributed by atoms with Gasteiger partial charge < -0.3 is 15.0 Å². The summed E-state index contributed by atoms with van der Waals surface area (Å²) in [5.41, 5.74) is 2.68. The Balaban J connectivity index is 1.41. The van der Waals surface area contributed by atoms with Crippen LogP contribution >= 0.6 is 0 Å². The number of carbonyl (C=O) groups is 1. The highest BCUT2D eigenvalue weighted by atomic mass is 16.5. The van der Waals surface area contributed by atoms with E-state index >= 15 is 0 Å². The van der Waals surface area contributed by atoms with Gasteiger partial charge in [-0.15, -0.1) is 0 Å². The summed E-state index contributed by atoms with van der Waals surface area (Å²) in [6, 6.07) is 10.1. The highest BCUT2D eigenvalue weighted by molar-refractivity contribution is 6.07. The number of nitrogens with zero attached hydrogens (tertiary/aromatic N) is 4. The van der Waals surface area contributed by atoms with E-state index in [2.05, 4.69) is 15.3 Å². The number of nitrogens with one attached hydrogen (secondary N) is 1. The molecule has 2 aliphatic rings. The van der Waals surface area contributed by atoms with Crippen LogP contribution in [0.15, 0.2) is 42.7 Å². The monoisotopic (exact) mass is 391 g/mol. The number of hydrogen-bond acceptors (Lipinski definition) is 5. The largest absolute Gasteiger partial charge is 0.373 e. The standard InChI is InChI=1S/C22H25N5O2/c1-15-11-23-27(12-15)14-17-13-26(8-9-29-17)21-10-19(22(28)24-16-6-7-16)18-4-2-3-5-20(18)25-21/h2-5,10-12,16-17H,6-9,13-14H2,1H3,(H,24,28). The predicted octanol–water partition coefficient (Wildman–Crippen LogP) is 2.54. The first kappa shape index (κ1) is 18.1. The maximum atomic E-state index is 12.9. The van der Waals surface area contributed by atoms with Gasteiger partial charge in [0.05, 0.1) is 36.5 Å². The number of pyridine rings is 1. The van der Waals surface area contributed by atoms with Crippen LogP contribution in [0, 0.1) is 6.92 Å². The summed E-state index contributed by atoms with van der Waals surface area (Å²) in [6.07, 6.45) is 6.05. The minimum atomic E-state index is -0.0100. The summed E-state index contributed by atoms with van der Waals surface area (Å²) in [6.45, 7) is 4.83. The molecule has 0 bridgehead atoms. The van der Waals surface area contributed by atoms with Crippen molar-refractivity contribution in [3.63, 3.8) is 0 Å². The molecule has 1 amide bonds. The van der Waals surface area contributed by atoms with Crippen molar-refractivity contribution in [3.05, 3.63) is 53.9 Å². The maximum Gasteiger partial charge on any atom is 0.252 e. The summed E-state index contributed by atoms with van der Waals surface area (Å²) in [4.78, 5) is 19.9. The first-order valence-corrected chi connectivity index (χ1v) is 10.2. The average molecular weight is 391 g/mol. The Morgan fingerprint density at radius 2 is 2.17 bits per heavy atom. The fourth-order valence-corrected chi connectivity index (χ4v) is 3.82. The minimum Gasteiger partial charge on any atom is -0.373 e. The molecule has 3 heterocycles. The Morgan fingerprint density at radius 3 is 2.97 bits per heavy atom. The molecule has 5 rings (SSSR count). The Bertz CT molecular complexity index is 1040. The summed E-state index contributed by atoms with van der Waals surface area (Å²) in [5.74, 6) is 0.818. The molecule has 1 atom stereocenters. The molecule has 2 fully saturated rings. The van der Waals surface area contributed by atoms with E-state index in [1.54, 1.807) is 0 Å². The van der Waals surface area contributed by atoms with Crippen molar-refractivity contribution < 1.29 is 9.53 Å². The van der Waals surface area contributed by atoms with E-state index in [9.17, 15) is 4.79 Å². The molecule has 29 heavy (non-hydrogen) atoms. The van der Waals surface area contributed by atoms with Crippen LogP contribution in [0.4, 0.5) is 5.82 Å². The zero-order chi connectivity index (χ0) is 19.8. The van der Waals surface area contributed by atoms with Gasteiger partial charge in [0.2, 0.25) is 0 Å². The molecule has 7 heteroatoms. The molecule has 1 aromatic carbocycles. The van der Waals surface area contributed by atoms with E-state index in [0.717, 1.165) is 41.7 Å². The van der Waals surface area contributed by atoms with Crippen LogP contribution in [0.2, 0.25) is 0 Å². The Morgan fingerprint density at radius 1 is 1.31 bits per heavy atom. The van der Waals surface area contributed by atoms with E-state index in [-0.39, 0.29) is 12.0 Å². The molecule has 1 N–H and O–H groups in total. The third-order valence-corrected chi connectivity index (χ3v) is 5.48. The summed E-state index contributed by atoms with van der Waals surface area (Å²) in [7, 11) is 0. The zero-order valence-electron chi connectivity index (χ0n) is 16.5. The van der Waals surface area contributed by atoms with Crippen LogP contribution in [0.5, 0.6) is 0 Å². The van der Waals surface area contributed by atoms with Crippen molar-refractivity contribution >= 4 is 22.6 Å². The van der Waals surface area contributed by atoms with Gasteiger partial charge in [-0.25, -0.2) is 4.98 Å². The number of anilines is 1. The van der Waals surface area contributed by atoms with E-state index in [1.165, 1.54) is 0 Å². The Kier molecular flexibility index (Phi) is 4.67. The number of rotatable bonds is 5. The molecule has 7 nitrogen and oxygen atoms in total. The van der Waals surface area contributed by atoms with Gasteiger partial charge in [-0.3, -0.25) is 9.48 Å². The molecule has 2 aromatic heterocycles. The first-order valence-electron chi connectivity index (χ1n) is 10.2. The second kappa shape index (κ2) is 7.48. The molecule has 1 unspecified atom stereocenters. The number of hydrogen-bond donors (Lipinski definition) is 1. The highest BCUT2D eigenvalue weighted by Gasteiger charge is 2.27. The third-order valence-electron chi connectivity index (χ3n) is 5.48. The molecule has 1 aliphatic heterocycles. The van der Waals surface area contributed by atoms with Crippen LogP contribution in [-0.4, -0.2) is 52.5 Å². The number of ether oxygens (including phenoxy) is 1. The van der Waals surface area contributed by atoms with Crippen molar-refractivity contribution in [1.82, 2.24) is 20.1 Å². The lowest BCUT2D eigenvalue weighted by Gasteiger charge is -2.34. The van der Waals surface area contributed by atoms with Crippen LogP contribution in [0.25, 0.3) is 10.9 Å². The number of carbonyl (C=O) groups excluding carboxylic acids is 1. The number of aryl methyl sites for hydroxylation is 1. The van der Waals surface area contributed by atoms with Gasteiger partial charge in [0.15, 0.2) is 0 Å². The lowest BCUT2D eigenvalue weighted by molar-refractivity contribution is 0.0272. The fraction of sp³-hybridized carbons (Fsp3) is 0.409. The van der Waals surface area contributed by atoms with E-state index in [4.69, 9.17) is 9.72 Å². The molecule has 3 aromatic rings. The SMILES string of the molecule is Cc1cnn(CC2CN(c3cc(C(=O)NC4CC4)c4ccccc4n3)CCO2)c1. The van der Waals surface area contributed by atoms with E-state index < -0.39 is 0 Å². The van der Waals surface area contributed by atoms with Gasteiger partial charge in [-0.2, -0.15) is 5.10 Å². The average Bonchev–Trinajstić information content (AvgIpc) is 3.46. The van der Waals surface area contributed by atoms with Crippen LogP contribution in [0.1, 0.15) is 28.8 Å². The quantitative estimate of drug-likeness (QED) is 0.724. The van der Waals surface area contributed by atoms with Crippen molar-refractivity contribution in [2.45, 2.75) is 38.5 Å². The van der Waals surface area contributed by atoms with Gasteiger partial charge in [0.25, 0.3) is 5.91 Å². The normalized spacial score (nSPS) is 19.5. The van der Waals surface area contributed by atoms with Gasteiger partial charge in [0, 0.05) is 30.7 Å². The van der Waals surface area contributed by atoms with E-state index in [0.29, 0.717) is 31.3 Å². The van der Waals surface area contributed by atoms with E-state index in [1.807, 2.05) is 54.3 Å². The summed E-state index contributed by atoms with van der Waals surface area (Å²) >= 11 is 0. The van der Waals surface area contributed by atoms with Crippen LogP contribution < -0.4 is 10.2 Å². The predicted molar refractivity (Wildman–Crippen MR) is 111 cm³/mol. The molecule has 1 aliphatic carbocycles. The second-order valence-electron chi connectivity index (χ2n) is 7.97. The lowest BCUT2D eigenvalue weighted by atomic mass is 10.1. The number of benzene rings is 1. The number of morpholine rings is 1. The first-order chi connectivity index (χ1) is 14.2. The van der Waals surface area contributed by atoms with Gasteiger partial charge in [0.1, 0.15) is 5.82 Å². The summed E-state index contributed by atoms with van der Waals surface area (Å²) in [5, 5.41) is 8.38. The van der Waals surface area contributed by atoms with Crippen molar-refractivity contribution in [1.29, 1.82) is 0 Å². The van der Waals surface area contributed by atoms with Crippen molar-refractivity contribution in [3.8, 4) is 0 Å². The van der Waals surface area contributed by atoms with Gasteiger partial charge >= 0.3 is 0 Å². The molecule has 1 saturated carbocycles. The van der Waals surface area contributed by atoms with Crippen LogP contribution in [-0.2, 0) is 11.3 Å². The highest BCUT2D eigenvalue weighted by Crippen LogP contribution is 2.26. The Labute approximate surface area is 169 Å². The van der Waals surface area contributed by atoms with Crippen molar-refractivity contribution in [2.24, 2.45) is 0 Å². The molecular formula is C22H25N5O2. The number of para-hydroxylation sites is 1. The van der Waals surface area contributed by atoms with Gasteiger partial charge in [-0.05, 0) is 37.5 Å². The second-order valence-corrected chi connectivity index (χ2v) is 7.97. The molecule has 1 saturated heterocycles. The molecule has 0 radical (unpaired) electrons. The Hall–Kier alpha value is -2.93. The van der Waals surface area contributed by atoms with Crippen molar-refractivity contribution in [2.75, 3.05) is 24.6 Å². The van der Waals surface area contributed by atoms with Crippen LogP contribution in [0.3, 0.4) is 0 Å². The smallest absolute Gasteiger partial charge is 0.252 e. The lowest BCUT2D eigenvalue weighted by Crippen LogP contribution is -2.44. The fourth-order valence-electron chi connectivity index (χ4n) is 3.82. The molecule has 150 valence electrons.